The average Bonchev–Trinajstić information content (AvgIpc) is 2.99. The number of carbonyl (C=O) groups is 2. The molecular formula is C29H40N6O4. The van der Waals surface area contributed by atoms with Gasteiger partial charge in [0.05, 0.1) is 24.2 Å². The SMILES string of the molecule is C=C/C=C(\C=C/C)CC(NC(=C)C(=O)N[C@H]1COc2cc(C)c(/C(=N/N=C)OCC)cc2N(C)C1=O)N(C)C. The lowest BCUT2D eigenvalue weighted by Gasteiger charge is -2.28. The third-order valence-corrected chi connectivity index (χ3v) is 6.06. The fraction of sp³-hybridized carbons (Fsp3) is 0.379. The Hall–Kier alpha value is -4.18. The summed E-state index contributed by atoms with van der Waals surface area (Å²) in [5.74, 6) is -0.0412. The second kappa shape index (κ2) is 14.7. The van der Waals surface area contributed by atoms with Crippen molar-refractivity contribution in [2.75, 3.05) is 39.3 Å². The molecule has 10 heteroatoms. The highest BCUT2D eigenvalue weighted by molar-refractivity contribution is 6.04. The Morgan fingerprint density at radius 3 is 2.69 bits per heavy atom. The van der Waals surface area contributed by atoms with Crippen LogP contribution in [0.5, 0.6) is 5.75 Å². The van der Waals surface area contributed by atoms with Crippen LogP contribution in [0.4, 0.5) is 5.69 Å². The van der Waals surface area contributed by atoms with Crippen molar-refractivity contribution in [1.82, 2.24) is 15.5 Å². The normalized spacial score (nSPS) is 16.7. The molecule has 0 aliphatic carbocycles. The summed E-state index contributed by atoms with van der Waals surface area (Å²) in [6.07, 6.45) is 7.96. The maximum absolute atomic E-state index is 13.4. The minimum atomic E-state index is -0.927. The number of allylic oxidation sites excluding steroid dienone is 4. The van der Waals surface area contributed by atoms with Crippen molar-refractivity contribution in [3.8, 4) is 5.75 Å². The molecule has 2 rings (SSSR count). The van der Waals surface area contributed by atoms with Crippen LogP contribution in [0.2, 0.25) is 0 Å². The Balaban J connectivity index is 2.21. The van der Waals surface area contributed by atoms with Crippen molar-refractivity contribution >= 4 is 30.1 Å². The van der Waals surface area contributed by atoms with Gasteiger partial charge in [-0.1, -0.05) is 37.5 Å². The van der Waals surface area contributed by atoms with Gasteiger partial charge >= 0.3 is 0 Å². The van der Waals surface area contributed by atoms with Crippen LogP contribution >= 0.6 is 0 Å². The molecule has 2 atom stereocenters. The third kappa shape index (κ3) is 8.15. The number of anilines is 1. The first-order valence-electron chi connectivity index (χ1n) is 12.7. The number of hydrogen-bond acceptors (Lipinski definition) is 8. The Morgan fingerprint density at radius 2 is 2.10 bits per heavy atom. The Kier molecular flexibility index (Phi) is 11.7. The van der Waals surface area contributed by atoms with Gasteiger partial charge in [0, 0.05) is 25.7 Å². The lowest BCUT2D eigenvalue weighted by atomic mass is 10.1. The van der Waals surface area contributed by atoms with E-state index >= 15 is 0 Å². The number of benzene rings is 1. The molecule has 0 bridgehead atoms. The van der Waals surface area contributed by atoms with Gasteiger partial charge in [0.2, 0.25) is 5.90 Å². The Morgan fingerprint density at radius 1 is 1.38 bits per heavy atom. The Bertz CT molecular complexity index is 1180. The molecule has 210 valence electrons. The molecule has 0 saturated carbocycles. The molecule has 2 N–H and O–H groups in total. The first kappa shape index (κ1) is 31.0. The number of hydrogen-bond donors (Lipinski definition) is 2. The molecule has 1 aliphatic heterocycles. The zero-order valence-electron chi connectivity index (χ0n) is 23.8. The molecule has 1 aromatic rings. The largest absolute Gasteiger partial charge is 0.489 e. The van der Waals surface area contributed by atoms with Crippen molar-refractivity contribution in [3.05, 3.63) is 72.0 Å². The van der Waals surface area contributed by atoms with Crippen LogP contribution in [-0.2, 0) is 14.3 Å². The number of ether oxygens (including phenoxy) is 2. The summed E-state index contributed by atoms with van der Waals surface area (Å²) < 4.78 is 11.6. The van der Waals surface area contributed by atoms with E-state index in [0.29, 0.717) is 35.9 Å². The minimum absolute atomic E-state index is 0.0424. The highest BCUT2D eigenvalue weighted by atomic mass is 16.5. The van der Waals surface area contributed by atoms with Gasteiger partial charge in [-0.15, -0.1) is 5.10 Å². The van der Waals surface area contributed by atoms with E-state index in [-0.39, 0.29) is 24.4 Å². The molecule has 39 heavy (non-hydrogen) atoms. The van der Waals surface area contributed by atoms with Crippen molar-refractivity contribution in [2.24, 2.45) is 10.2 Å². The second-order valence-electron chi connectivity index (χ2n) is 9.13. The van der Waals surface area contributed by atoms with Crippen LogP contribution in [0.1, 0.15) is 31.4 Å². The summed E-state index contributed by atoms with van der Waals surface area (Å²) in [4.78, 5) is 29.8. The number of rotatable bonds is 12. The number of aryl methyl sites for hydroxylation is 1. The smallest absolute Gasteiger partial charge is 0.267 e. The minimum Gasteiger partial charge on any atom is -0.489 e. The molecule has 0 saturated heterocycles. The lowest BCUT2D eigenvalue weighted by molar-refractivity contribution is -0.126. The predicted octanol–water partition coefficient (Wildman–Crippen LogP) is 3.30. The summed E-state index contributed by atoms with van der Waals surface area (Å²) in [5, 5.41) is 13.5. The summed E-state index contributed by atoms with van der Waals surface area (Å²) in [5.41, 5.74) is 3.17. The molecule has 1 unspecified atom stereocenters. The molecule has 1 heterocycles. The maximum Gasteiger partial charge on any atom is 0.267 e. The van der Waals surface area contributed by atoms with Gasteiger partial charge in [-0.25, -0.2) is 0 Å². The van der Waals surface area contributed by atoms with Crippen molar-refractivity contribution in [2.45, 2.75) is 39.4 Å². The van der Waals surface area contributed by atoms with Crippen LogP contribution in [-0.4, -0.2) is 75.9 Å². The first-order chi connectivity index (χ1) is 18.6. The van der Waals surface area contributed by atoms with E-state index in [1.807, 2.05) is 58.0 Å². The highest BCUT2D eigenvalue weighted by Gasteiger charge is 2.32. The van der Waals surface area contributed by atoms with Crippen molar-refractivity contribution in [1.29, 1.82) is 0 Å². The monoisotopic (exact) mass is 536 g/mol. The number of nitrogens with one attached hydrogen (secondary N) is 2. The summed E-state index contributed by atoms with van der Waals surface area (Å²) in [7, 11) is 5.44. The zero-order chi connectivity index (χ0) is 29.1. The van der Waals surface area contributed by atoms with Crippen LogP contribution < -0.4 is 20.3 Å². The summed E-state index contributed by atoms with van der Waals surface area (Å²) >= 11 is 0. The van der Waals surface area contributed by atoms with Crippen molar-refractivity contribution in [3.63, 3.8) is 0 Å². The molecule has 10 nitrogen and oxygen atoms in total. The van der Waals surface area contributed by atoms with Gasteiger partial charge < -0.3 is 25.0 Å². The van der Waals surface area contributed by atoms with Crippen LogP contribution in [0.25, 0.3) is 0 Å². The summed E-state index contributed by atoms with van der Waals surface area (Å²) in [6.45, 7) is 17.1. The molecular weight excluding hydrogens is 496 g/mol. The van der Waals surface area contributed by atoms with Crippen LogP contribution in [0.3, 0.4) is 0 Å². The van der Waals surface area contributed by atoms with Crippen LogP contribution in [0, 0.1) is 6.92 Å². The zero-order valence-corrected chi connectivity index (χ0v) is 23.8. The van der Waals surface area contributed by atoms with Crippen LogP contribution in [0.15, 0.2) is 71.1 Å². The van der Waals surface area contributed by atoms with Gasteiger partial charge in [0.15, 0.2) is 0 Å². The van der Waals surface area contributed by atoms with E-state index in [9.17, 15) is 9.59 Å². The predicted molar refractivity (Wildman–Crippen MR) is 157 cm³/mol. The topological polar surface area (TPSA) is 108 Å². The van der Waals surface area contributed by atoms with E-state index in [1.165, 1.54) is 4.90 Å². The van der Waals surface area contributed by atoms with Gasteiger partial charge in [0.1, 0.15) is 18.4 Å². The average molecular weight is 537 g/mol. The van der Waals surface area contributed by atoms with E-state index in [1.54, 1.807) is 25.3 Å². The van der Waals surface area contributed by atoms with Crippen molar-refractivity contribution < 1.29 is 19.1 Å². The van der Waals surface area contributed by atoms with Gasteiger partial charge in [-0.3, -0.25) is 14.5 Å². The van der Waals surface area contributed by atoms with Gasteiger partial charge in [-0.05, 0) is 58.1 Å². The highest BCUT2D eigenvalue weighted by Crippen LogP contribution is 2.34. The fourth-order valence-electron chi connectivity index (χ4n) is 3.99. The maximum atomic E-state index is 13.4. The quantitative estimate of drug-likeness (QED) is 0.106. The third-order valence-electron chi connectivity index (χ3n) is 6.06. The number of amides is 2. The second-order valence-corrected chi connectivity index (χ2v) is 9.13. The molecule has 0 fully saturated rings. The fourth-order valence-corrected chi connectivity index (χ4v) is 3.99. The molecule has 1 aliphatic rings. The molecule has 2 amide bonds. The summed E-state index contributed by atoms with van der Waals surface area (Å²) in [6, 6.07) is 2.63. The number of fused-ring (bicyclic) bond motifs is 1. The van der Waals surface area contributed by atoms with Gasteiger partial charge in [0.25, 0.3) is 11.8 Å². The first-order valence-corrected chi connectivity index (χ1v) is 12.7. The molecule has 0 radical (unpaired) electrons. The molecule has 0 spiro atoms. The van der Waals surface area contributed by atoms with E-state index in [0.717, 1.165) is 11.1 Å². The standard InChI is InChI=1S/C29H40N6O4/c1-10-13-21(14-11-2)16-26(34(7)8)31-20(5)27(36)32-23-18-39-25-15-19(4)22(28(33-30-6)38-12-3)17-24(25)35(9)29(23)37/h10-11,13-15,17,23,26,31H,1,5-6,12,16,18H2,2-4,7-9H3,(H,32,36)/b14-11-,21-13+,33-28-/t23-,26?/m0/s1. The number of likely N-dealkylation sites (N-methyl/N-ethyl adjacent to an activating group) is 1. The number of nitrogens with zero attached hydrogens (tertiary/aromatic N) is 4. The van der Waals surface area contributed by atoms with E-state index in [4.69, 9.17) is 9.47 Å². The van der Waals surface area contributed by atoms with E-state index < -0.39 is 11.9 Å². The van der Waals surface area contributed by atoms with E-state index in [2.05, 4.69) is 40.7 Å². The lowest BCUT2D eigenvalue weighted by Crippen LogP contribution is -2.52. The van der Waals surface area contributed by atoms with Gasteiger partial charge in [-0.2, -0.15) is 5.10 Å². The Labute approximate surface area is 231 Å². The number of carbonyl (C=O) groups excluding carboxylic acids is 2. The molecule has 0 aromatic heterocycles. The molecule has 1 aromatic carbocycles.